The van der Waals surface area contributed by atoms with Gasteiger partial charge in [0.25, 0.3) is 0 Å². The van der Waals surface area contributed by atoms with E-state index in [1.807, 2.05) is 0 Å². The van der Waals surface area contributed by atoms with Gasteiger partial charge < -0.3 is 9.47 Å². The molecule has 0 spiro atoms. The monoisotopic (exact) mass is 322 g/mol. The molecule has 0 amide bonds. The summed E-state index contributed by atoms with van der Waals surface area (Å²) in [5.41, 5.74) is 0. The minimum absolute atomic E-state index is 0.189. The van der Waals surface area contributed by atoms with Gasteiger partial charge in [0.2, 0.25) is 0 Å². The van der Waals surface area contributed by atoms with Crippen LogP contribution in [-0.4, -0.2) is 36.7 Å². The van der Waals surface area contributed by atoms with Gasteiger partial charge in [0.05, 0.1) is 13.2 Å². The molecule has 0 aromatic carbocycles. The molecule has 0 aromatic heterocycles. The lowest BCUT2D eigenvalue weighted by molar-refractivity contribution is -0.146. The molecule has 0 aliphatic carbocycles. The Kier molecular flexibility index (Phi) is 14.8. The quantitative estimate of drug-likeness (QED) is 0.311. The van der Waals surface area contributed by atoms with E-state index >= 15 is 0 Å². The second-order valence-corrected chi connectivity index (χ2v) is 5.40. The van der Waals surface area contributed by atoms with Gasteiger partial charge in [0.15, 0.2) is 0 Å². The molecule has 0 fully saturated rings. The van der Waals surface area contributed by atoms with Crippen LogP contribution in [0.3, 0.4) is 0 Å². The van der Waals surface area contributed by atoms with Gasteiger partial charge in [0.1, 0.15) is 0 Å². The average Bonchev–Trinajstić information content (AvgIpc) is 2.44. The number of hydrogen-bond acceptors (Lipinski definition) is 6. The highest BCUT2D eigenvalue weighted by Gasteiger charge is 2.05. The zero-order chi connectivity index (χ0) is 15.1. The Balaban J connectivity index is 3.32. The lowest BCUT2D eigenvalue weighted by Gasteiger charge is -2.05. The molecule has 0 rings (SSSR count). The Hall–Kier alpha value is -0.360. The van der Waals surface area contributed by atoms with Crippen molar-refractivity contribution < 1.29 is 19.1 Å². The zero-order valence-corrected chi connectivity index (χ0v) is 13.8. The fourth-order valence-electron chi connectivity index (χ4n) is 1.48. The summed E-state index contributed by atoms with van der Waals surface area (Å²) >= 11 is 8.16. The maximum absolute atomic E-state index is 11.3. The molecule has 0 aliphatic heterocycles. The Morgan fingerprint density at radius 1 is 0.650 bits per heavy atom. The summed E-state index contributed by atoms with van der Waals surface area (Å²) in [6.45, 7) is 0.930. The molecule has 0 saturated carbocycles. The van der Waals surface area contributed by atoms with Crippen LogP contribution >= 0.6 is 25.3 Å². The number of unbranched alkanes of at least 4 members (excludes halogenated alkanes) is 3. The molecular weight excluding hydrogens is 296 g/mol. The van der Waals surface area contributed by atoms with E-state index in [-0.39, 0.29) is 11.9 Å². The molecule has 118 valence electrons. The van der Waals surface area contributed by atoms with Gasteiger partial charge in [-0.05, 0) is 50.0 Å². The van der Waals surface area contributed by atoms with Crippen LogP contribution < -0.4 is 0 Å². The van der Waals surface area contributed by atoms with Crippen LogP contribution in [0.2, 0.25) is 0 Å². The lowest BCUT2D eigenvalue weighted by atomic mass is 10.2. The third-order valence-corrected chi connectivity index (χ3v) is 3.28. The molecule has 0 aliphatic rings. The van der Waals surface area contributed by atoms with E-state index in [1.165, 1.54) is 0 Å². The van der Waals surface area contributed by atoms with Crippen LogP contribution in [0.25, 0.3) is 0 Å². The van der Waals surface area contributed by atoms with Gasteiger partial charge in [-0.3, -0.25) is 9.59 Å². The van der Waals surface area contributed by atoms with E-state index in [2.05, 4.69) is 25.3 Å². The normalized spacial score (nSPS) is 10.3. The summed E-state index contributed by atoms with van der Waals surface area (Å²) in [5.74, 6) is 1.25. The smallest absolute Gasteiger partial charge is 0.305 e. The first-order chi connectivity index (χ1) is 9.70. The molecule has 0 N–H and O–H groups in total. The molecular formula is C14H26O4S2. The van der Waals surface area contributed by atoms with Gasteiger partial charge in [-0.15, -0.1) is 0 Å². The van der Waals surface area contributed by atoms with Gasteiger partial charge in [0, 0.05) is 12.8 Å². The van der Waals surface area contributed by atoms with E-state index in [1.54, 1.807) is 0 Å². The summed E-state index contributed by atoms with van der Waals surface area (Å²) in [6.07, 6.45) is 5.68. The molecule has 6 heteroatoms. The third kappa shape index (κ3) is 14.1. The van der Waals surface area contributed by atoms with Crippen molar-refractivity contribution in [3.63, 3.8) is 0 Å². The SMILES string of the molecule is O=C(CCCCC(=O)OCCCCS)OCCCCS. The van der Waals surface area contributed by atoms with Crippen LogP contribution in [0.5, 0.6) is 0 Å². The van der Waals surface area contributed by atoms with Gasteiger partial charge in [-0.2, -0.15) is 25.3 Å². The van der Waals surface area contributed by atoms with Gasteiger partial charge in [-0.1, -0.05) is 0 Å². The Bertz CT molecular complexity index is 234. The van der Waals surface area contributed by atoms with E-state index in [4.69, 9.17) is 9.47 Å². The van der Waals surface area contributed by atoms with Crippen LogP contribution in [-0.2, 0) is 19.1 Å². The highest BCUT2D eigenvalue weighted by atomic mass is 32.1. The number of hydrogen-bond donors (Lipinski definition) is 2. The third-order valence-electron chi connectivity index (χ3n) is 2.64. The topological polar surface area (TPSA) is 52.6 Å². The first-order valence-electron chi connectivity index (χ1n) is 7.23. The summed E-state index contributed by atoms with van der Waals surface area (Å²) in [4.78, 5) is 22.7. The predicted octanol–water partition coefficient (Wildman–Crippen LogP) is 3.05. The zero-order valence-electron chi connectivity index (χ0n) is 12.0. The molecule has 20 heavy (non-hydrogen) atoms. The van der Waals surface area contributed by atoms with E-state index in [0.29, 0.717) is 38.9 Å². The van der Waals surface area contributed by atoms with Crippen molar-refractivity contribution in [2.24, 2.45) is 0 Å². The van der Waals surface area contributed by atoms with Crippen molar-refractivity contribution in [1.29, 1.82) is 0 Å². The number of thiol groups is 2. The van der Waals surface area contributed by atoms with Crippen molar-refractivity contribution in [2.75, 3.05) is 24.7 Å². The molecule has 4 nitrogen and oxygen atoms in total. The fourth-order valence-corrected chi connectivity index (χ4v) is 1.93. The molecule has 0 radical (unpaired) electrons. The van der Waals surface area contributed by atoms with Crippen LogP contribution in [0, 0.1) is 0 Å². The number of rotatable bonds is 13. The van der Waals surface area contributed by atoms with E-state index < -0.39 is 0 Å². The van der Waals surface area contributed by atoms with E-state index in [0.717, 1.165) is 37.2 Å². The van der Waals surface area contributed by atoms with Crippen LogP contribution in [0.4, 0.5) is 0 Å². The second kappa shape index (κ2) is 15.0. The Morgan fingerprint density at radius 2 is 1.05 bits per heavy atom. The molecule has 0 heterocycles. The standard InChI is InChI=1S/C14H26O4S2/c15-13(17-9-3-5-11-19)7-1-2-8-14(16)18-10-4-6-12-20/h19-20H,1-12H2. The highest BCUT2D eigenvalue weighted by molar-refractivity contribution is 7.80. The van der Waals surface area contributed by atoms with Crippen molar-refractivity contribution in [1.82, 2.24) is 0 Å². The minimum Gasteiger partial charge on any atom is -0.466 e. The Labute approximate surface area is 132 Å². The molecule has 0 saturated heterocycles. The first-order valence-corrected chi connectivity index (χ1v) is 8.50. The molecule has 0 bridgehead atoms. The number of ether oxygens (including phenoxy) is 2. The minimum atomic E-state index is -0.189. The highest BCUT2D eigenvalue weighted by Crippen LogP contribution is 2.04. The van der Waals surface area contributed by atoms with Crippen LogP contribution in [0.1, 0.15) is 51.4 Å². The van der Waals surface area contributed by atoms with Crippen LogP contribution in [0.15, 0.2) is 0 Å². The maximum Gasteiger partial charge on any atom is 0.305 e. The van der Waals surface area contributed by atoms with Gasteiger partial charge in [-0.25, -0.2) is 0 Å². The van der Waals surface area contributed by atoms with E-state index in [9.17, 15) is 9.59 Å². The van der Waals surface area contributed by atoms with Crippen molar-refractivity contribution in [3.8, 4) is 0 Å². The van der Waals surface area contributed by atoms with Gasteiger partial charge >= 0.3 is 11.9 Å². The molecule has 0 aromatic rings. The summed E-state index contributed by atoms with van der Waals surface area (Å²) in [6, 6.07) is 0. The fraction of sp³-hybridized carbons (Fsp3) is 0.857. The molecule has 0 unspecified atom stereocenters. The number of carbonyl (C=O) groups excluding carboxylic acids is 2. The van der Waals surface area contributed by atoms with Crippen molar-refractivity contribution >= 4 is 37.2 Å². The summed E-state index contributed by atoms with van der Waals surface area (Å²) in [7, 11) is 0. The summed E-state index contributed by atoms with van der Waals surface area (Å²) < 4.78 is 10.1. The maximum atomic E-state index is 11.3. The Morgan fingerprint density at radius 3 is 1.40 bits per heavy atom. The van der Waals surface area contributed by atoms with Crippen molar-refractivity contribution in [3.05, 3.63) is 0 Å². The summed E-state index contributed by atoms with van der Waals surface area (Å²) in [5, 5.41) is 0. The number of carbonyl (C=O) groups is 2. The second-order valence-electron chi connectivity index (χ2n) is 4.51. The lowest BCUT2D eigenvalue weighted by Crippen LogP contribution is -2.08. The first kappa shape index (κ1) is 19.6. The molecule has 0 atom stereocenters. The largest absolute Gasteiger partial charge is 0.466 e. The average molecular weight is 322 g/mol. The van der Waals surface area contributed by atoms with Crippen molar-refractivity contribution in [2.45, 2.75) is 51.4 Å². The predicted molar refractivity (Wildman–Crippen MR) is 86.6 cm³/mol. The number of esters is 2.